The van der Waals surface area contributed by atoms with Gasteiger partial charge in [-0.15, -0.1) is 10.2 Å². The molecule has 160 valence electrons. The van der Waals surface area contributed by atoms with E-state index in [1.54, 1.807) is 19.2 Å². The SMILES string of the molecule is COc1ccccc1NC(=O)Nc1cccc(-c2ccc(N3CCCCCC3)nn2)c1. The number of aromatic nitrogens is 2. The number of para-hydroxylation sites is 2. The zero-order chi connectivity index (χ0) is 21.5. The zero-order valence-electron chi connectivity index (χ0n) is 17.7. The molecular weight excluding hydrogens is 390 g/mol. The molecule has 0 saturated carbocycles. The van der Waals surface area contributed by atoms with Crippen molar-refractivity contribution in [2.75, 3.05) is 35.7 Å². The lowest BCUT2D eigenvalue weighted by molar-refractivity contribution is 0.262. The highest BCUT2D eigenvalue weighted by Gasteiger charge is 2.12. The van der Waals surface area contributed by atoms with E-state index in [1.165, 1.54) is 25.7 Å². The lowest BCUT2D eigenvalue weighted by Crippen LogP contribution is -2.25. The predicted octanol–water partition coefficient (Wildman–Crippen LogP) is 5.18. The third-order valence-electron chi connectivity index (χ3n) is 5.35. The molecular formula is C24H27N5O2. The van der Waals surface area contributed by atoms with Crippen LogP contribution in [-0.4, -0.2) is 36.4 Å². The molecule has 7 heteroatoms. The Balaban J connectivity index is 1.43. The van der Waals surface area contributed by atoms with Crippen molar-refractivity contribution in [3.8, 4) is 17.0 Å². The van der Waals surface area contributed by atoms with E-state index in [2.05, 4.69) is 25.7 Å². The molecule has 0 bridgehead atoms. The molecule has 7 nitrogen and oxygen atoms in total. The number of anilines is 3. The van der Waals surface area contributed by atoms with Crippen molar-refractivity contribution in [3.63, 3.8) is 0 Å². The third-order valence-corrected chi connectivity index (χ3v) is 5.35. The first-order chi connectivity index (χ1) is 15.2. The van der Waals surface area contributed by atoms with Crippen LogP contribution >= 0.6 is 0 Å². The van der Waals surface area contributed by atoms with Crippen LogP contribution in [0.15, 0.2) is 60.7 Å². The molecule has 1 aromatic heterocycles. The number of nitrogens with zero attached hydrogens (tertiary/aromatic N) is 3. The molecule has 3 aromatic rings. The molecule has 1 saturated heterocycles. The highest BCUT2D eigenvalue weighted by molar-refractivity contribution is 6.01. The summed E-state index contributed by atoms with van der Waals surface area (Å²) in [7, 11) is 1.57. The topological polar surface area (TPSA) is 79.4 Å². The van der Waals surface area contributed by atoms with Crippen LogP contribution in [0.25, 0.3) is 11.3 Å². The predicted molar refractivity (Wildman–Crippen MR) is 124 cm³/mol. The molecule has 0 radical (unpaired) electrons. The standard InChI is InChI=1S/C24H27N5O2/c1-31-22-12-5-4-11-21(22)26-24(30)25-19-10-8-9-18(17-19)20-13-14-23(28-27-20)29-15-6-2-3-7-16-29/h4-5,8-14,17H,2-3,6-7,15-16H2,1H3,(H2,25,26,30). The maximum absolute atomic E-state index is 12.4. The number of ether oxygens (including phenoxy) is 1. The maximum atomic E-state index is 12.4. The van der Waals surface area contributed by atoms with Gasteiger partial charge in [0.15, 0.2) is 5.82 Å². The number of carbonyl (C=O) groups is 1. The number of carbonyl (C=O) groups excluding carboxylic acids is 1. The molecule has 1 aliphatic rings. The van der Waals surface area contributed by atoms with Gasteiger partial charge >= 0.3 is 6.03 Å². The molecule has 2 heterocycles. The molecule has 2 aromatic carbocycles. The molecule has 4 rings (SSSR count). The summed E-state index contributed by atoms with van der Waals surface area (Å²) in [5.74, 6) is 1.53. The molecule has 2 N–H and O–H groups in total. The van der Waals surface area contributed by atoms with E-state index >= 15 is 0 Å². The van der Waals surface area contributed by atoms with Gasteiger partial charge in [0.2, 0.25) is 0 Å². The van der Waals surface area contributed by atoms with Crippen molar-refractivity contribution in [1.82, 2.24) is 10.2 Å². The van der Waals surface area contributed by atoms with E-state index in [0.29, 0.717) is 17.1 Å². The van der Waals surface area contributed by atoms with Gasteiger partial charge < -0.3 is 20.3 Å². The van der Waals surface area contributed by atoms with E-state index in [0.717, 1.165) is 30.2 Å². The molecule has 0 atom stereocenters. The summed E-state index contributed by atoms with van der Waals surface area (Å²) in [5, 5.41) is 14.5. The van der Waals surface area contributed by atoms with E-state index < -0.39 is 0 Å². The van der Waals surface area contributed by atoms with Crippen LogP contribution < -0.4 is 20.3 Å². The van der Waals surface area contributed by atoms with E-state index in [1.807, 2.05) is 48.5 Å². The Morgan fingerprint density at radius 3 is 2.45 bits per heavy atom. The minimum atomic E-state index is -0.343. The lowest BCUT2D eigenvalue weighted by atomic mass is 10.1. The fourth-order valence-corrected chi connectivity index (χ4v) is 3.74. The van der Waals surface area contributed by atoms with E-state index in [9.17, 15) is 4.79 Å². The van der Waals surface area contributed by atoms with Gasteiger partial charge in [-0.3, -0.25) is 0 Å². The van der Waals surface area contributed by atoms with Crippen molar-refractivity contribution < 1.29 is 9.53 Å². The summed E-state index contributed by atoms with van der Waals surface area (Å²) in [6, 6.07) is 18.5. The lowest BCUT2D eigenvalue weighted by Gasteiger charge is -2.20. The number of urea groups is 1. The number of nitrogens with one attached hydrogen (secondary N) is 2. The third kappa shape index (κ3) is 5.31. The molecule has 31 heavy (non-hydrogen) atoms. The maximum Gasteiger partial charge on any atom is 0.323 e. The largest absolute Gasteiger partial charge is 0.495 e. The summed E-state index contributed by atoms with van der Waals surface area (Å²) in [5.41, 5.74) is 2.94. The molecule has 0 unspecified atom stereocenters. The van der Waals surface area contributed by atoms with Gasteiger partial charge in [-0.25, -0.2) is 4.79 Å². The number of benzene rings is 2. The van der Waals surface area contributed by atoms with E-state index in [-0.39, 0.29) is 6.03 Å². The monoisotopic (exact) mass is 417 g/mol. The number of hydrogen-bond donors (Lipinski definition) is 2. The Kier molecular flexibility index (Phi) is 6.62. The summed E-state index contributed by atoms with van der Waals surface area (Å²) in [6.45, 7) is 2.07. The van der Waals surface area contributed by atoms with Gasteiger partial charge in [-0.2, -0.15) is 0 Å². The van der Waals surface area contributed by atoms with Gasteiger partial charge in [0.25, 0.3) is 0 Å². The Hall–Kier alpha value is -3.61. The second-order valence-electron chi connectivity index (χ2n) is 7.54. The Bertz CT molecular complexity index is 1010. The van der Waals surface area contributed by atoms with Gasteiger partial charge in [-0.05, 0) is 49.2 Å². The van der Waals surface area contributed by atoms with Crippen LogP contribution in [0.4, 0.5) is 22.0 Å². The highest BCUT2D eigenvalue weighted by Crippen LogP contribution is 2.25. The van der Waals surface area contributed by atoms with Gasteiger partial charge in [-0.1, -0.05) is 37.1 Å². The van der Waals surface area contributed by atoms with E-state index in [4.69, 9.17) is 4.74 Å². The first kappa shape index (κ1) is 20.7. The second kappa shape index (κ2) is 9.93. The minimum Gasteiger partial charge on any atom is -0.495 e. The summed E-state index contributed by atoms with van der Waals surface area (Å²) in [4.78, 5) is 14.7. The number of hydrogen-bond acceptors (Lipinski definition) is 5. The first-order valence-corrected chi connectivity index (χ1v) is 10.6. The zero-order valence-corrected chi connectivity index (χ0v) is 17.7. The van der Waals surface area contributed by atoms with Gasteiger partial charge in [0, 0.05) is 24.3 Å². The van der Waals surface area contributed by atoms with Crippen LogP contribution in [0.2, 0.25) is 0 Å². The van der Waals surface area contributed by atoms with Crippen molar-refractivity contribution in [1.29, 1.82) is 0 Å². The second-order valence-corrected chi connectivity index (χ2v) is 7.54. The fourth-order valence-electron chi connectivity index (χ4n) is 3.74. The molecule has 0 spiro atoms. The molecule has 1 aliphatic heterocycles. The fraction of sp³-hybridized carbons (Fsp3) is 0.292. The van der Waals surface area contributed by atoms with Crippen LogP contribution in [-0.2, 0) is 0 Å². The normalized spacial score (nSPS) is 13.9. The minimum absolute atomic E-state index is 0.343. The van der Waals surface area contributed by atoms with Gasteiger partial charge in [0.1, 0.15) is 5.75 Å². The molecule has 1 fully saturated rings. The molecule has 0 aliphatic carbocycles. The highest BCUT2D eigenvalue weighted by atomic mass is 16.5. The van der Waals surface area contributed by atoms with Crippen LogP contribution in [0.3, 0.4) is 0 Å². The van der Waals surface area contributed by atoms with Crippen LogP contribution in [0.1, 0.15) is 25.7 Å². The smallest absolute Gasteiger partial charge is 0.323 e. The summed E-state index contributed by atoms with van der Waals surface area (Å²) >= 11 is 0. The van der Waals surface area contributed by atoms with Crippen molar-refractivity contribution in [3.05, 3.63) is 60.7 Å². The van der Waals surface area contributed by atoms with Crippen molar-refractivity contribution >= 4 is 23.2 Å². The van der Waals surface area contributed by atoms with Gasteiger partial charge in [0.05, 0.1) is 18.5 Å². The van der Waals surface area contributed by atoms with Crippen LogP contribution in [0, 0.1) is 0 Å². The average Bonchev–Trinajstić information content (AvgIpc) is 3.09. The number of methoxy groups -OCH3 is 1. The quantitative estimate of drug-likeness (QED) is 0.598. The summed E-state index contributed by atoms with van der Waals surface area (Å²) < 4.78 is 5.27. The Morgan fingerprint density at radius 2 is 1.71 bits per heavy atom. The Labute approximate surface area is 182 Å². The molecule has 2 amide bonds. The number of amides is 2. The van der Waals surface area contributed by atoms with Crippen molar-refractivity contribution in [2.45, 2.75) is 25.7 Å². The van der Waals surface area contributed by atoms with Crippen molar-refractivity contribution in [2.24, 2.45) is 0 Å². The average molecular weight is 418 g/mol. The summed E-state index contributed by atoms with van der Waals surface area (Å²) in [6.07, 6.45) is 4.97. The van der Waals surface area contributed by atoms with Crippen LogP contribution in [0.5, 0.6) is 5.75 Å². The first-order valence-electron chi connectivity index (χ1n) is 10.6. The Morgan fingerprint density at radius 1 is 0.903 bits per heavy atom. The number of rotatable bonds is 5.